The molecule has 1 rings (SSSR count). The van der Waals surface area contributed by atoms with Crippen LogP contribution in [0.25, 0.3) is 0 Å². The lowest BCUT2D eigenvalue weighted by Crippen LogP contribution is -2.54. The summed E-state index contributed by atoms with van der Waals surface area (Å²) in [7, 11) is -2.85. The molecule has 0 aromatic heterocycles. The lowest BCUT2D eigenvalue weighted by molar-refractivity contribution is -0.0499. The van der Waals surface area contributed by atoms with E-state index in [2.05, 4.69) is 24.1 Å². The van der Waals surface area contributed by atoms with Gasteiger partial charge in [0, 0.05) is 38.0 Å². The second-order valence-electron chi connectivity index (χ2n) is 5.23. The average Bonchev–Trinajstić information content (AvgIpc) is 2.17. The van der Waals surface area contributed by atoms with Crippen molar-refractivity contribution in [3.63, 3.8) is 0 Å². The van der Waals surface area contributed by atoms with Gasteiger partial charge in [-0.2, -0.15) is 0 Å². The van der Waals surface area contributed by atoms with Gasteiger partial charge in [0.2, 0.25) is 0 Å². The highest BCUT2D eigenvalue weighted by atomic mass is 32.2. The molecule has 0 aliphatic carbocycles. The van der Waals surface area contributed by atoms with E-state index in [4.69, 9.17) is 4.74 Å². The van der Waals surface area contributed by atoms with Gasteiger partial charge in [-0.15, -0.1) is 0 Å². The first-order valence-electron chi connectivity index (χ1n) is 6.02. The predicted octanol–water partition coefficient (Wildman–Crippen LogP) is -0.269. The van der Waals surface area contributed by atoms with Crippen LogP contribution in [0.2, 0.25) is 0 Å². The summed E-state index contributed by atoms with van der Waals surface area (Å²) in [6.07, 6.45) is 1.26. The highest BCUT2D eigenvalue weighted by Crippen LogP contribution is 2.17. The van der Waals surface area contributed by atoms with Crippen LogP contribution in [0.15, 0.2) is 0 Å². The molecule has 1 saturated heterocycles. The standard InChI is InChI=1S/C11H24N2O3S/c1-11(2)10-16-8-7-13(11)6-4-12-5-9-17(3,14)15/h12H,4-10H2,1-3H3. The second kappa shape index (κ2) is 6.13. The van der Waals surface area contributed by atoms with E-state index in [0.717, 1.165) is 32.8 Å². The van der Waals surface area contributed by atoms with Crippen LogP contribution < -0.4 is 5.32 Å². The molecule has 0 unspecified atom stereocenters. The number of nitrogens with zero attached hydrogens (tertiary/aromatic N) is 1. The van der Waals surface area contributed by atoms with Crippen LogP contribution in [0, 0.1) is 0 Å². The molecular weight excluding hydrogens is 240 g/mol. The summed E-state index contributed by atoms with van der Waals surface area (Å²) in [6.45, 7) is 9.11. The maximum absolute atomic E-state index is 10.9. The zero-order chi connectivity index (χ0) is 12.9. The molecule has 0 aromatic carbocycles. The largest absolute Gasteiger partial charge is 0.378 e. The first kappa shape index (κ1) is 14.9. The van der Waals surface area contributed by atoms with Crippen molar-refractivity contribution >= 4 is 9.84 Å². The number of rotatable bonds is 6. The van der Waals surface area contributed by atoms with Gasteiger partial charge in [-0.05, 0) is 13.8 Å². The van der Waals surface area contributed by atoms with Crippen LogP contribution in [0.5, 0.6) is 0 Å². The molecule has 0 aromatic rings. The van der Waals surface area contributed by atoms with Crippen molar-refractivity contribution in [2.24, 2.45) is 0 Å². The Balaban J connectivity index is 2.18. The molecule has 0 radical (unpaired) electrons. The lowest BCUT2D eigenvalue weighted by Gasteiger charge is -2.42. The van der Waals surface area contributed by atoms with Crippen molar-refractivity contribution < 1.29 is 13.2 Å². The van der Waals surface area contributed by atoms with E-state index in [1.165, 1.54) is 6.26 Å². The van der Waals surface area contributed by atoms with Crippen LogP contribution in [0.1, 0.15) is 13.8 Å². The molecule has 0 spiro atoms. The Hall–Kier alpha value is -0.170. The number of hydrogen-bond acceptors (Lipinski definition) is 5. The fraction of sp³-hybridized carbons (Fsp3) is 1.00. The normalized spacial score (nSPS) is 21.6. The molecule has 0 bridgehead atoms. The van der Waals surface area contributed by atoms with Crippen LogP contribution in [0.3, 0.4) is 0 Å². The van der Waals surface area contributed by atoms with Gasteiger partial charge < -0.3 is 10.1 Å². The maximum Gasteiger partial charge on any atom is 0.148 e. The van der Waals surface area contributed by atoms with E-state index >= 15 is 0 Å². The van der Waals surface area contributed by atoms with E-state index in [9.17, 15) is 8.42 Å². The topological polar surface area (TPSA) is 58.6 Å². The molecule has 6 heteroatoms. The summed E-state index contributed by atoms with van der Waals surface area (Å²) in [5.74, 6) is 0.208. The minimum absolute atomic E-state index is 0.0801. The fourth-order valence-electron chi connectivity index (χ4n) is 1.90. The number of hydrogen-bond donors (Lipinski definition) is 1. The van der Waals surface area contributed by atoms with Gasteiger partial charge in [-0.1, -0.05) is 0 Å². The third-order valence-corrected chi connectivity index (χ3v) is 3.97. The Morgan fingerprint density at radius 2 is 2.06 bits per heavy atom. The Morgan fingerprint density at radius 3 is 2.65 bits per heavy atom. The third kappa shape index (κ3) is 5.81. The van der Waals surface area contributed by atoms with E-state index in [0.29, 0.717) is 6.54 Å². The van der Waals surface area contributed by atoms with Crippen molar-refractivity contribution in [3.05, 3.63) is 0 Å². The Kier molecular flexibility index (Phi) is 5.37. The zero-order valence-corrected chi connectivity index (χ0v) is 11.8. The lowest BCUT2D eigenvalue weighted by atomic mass is 10.0. The van der Waals surface area contributed by atoms with Crippen molar-refractivity contribution in [1.82, 2.24) is 10.2 Å². The average molecular weight is 264 g/mol. The van der Waals surface area contributed by atoms with Crippen molar-refractivity contribution in [2.75, 3.05) is 51.4 Å². The van der Waals surface area contributed by atoms with Crippen molar-refractivity contribution in [1.29, 1.82) is 0 Å². The third-order valence-electron chi connectivity index (χ3n) is 3.03. The molecule has 17 heavy (non-hydrogen) atoms. The highest BCUT2D eigenvalue weighted by molar-refractivity contribution is 7.90. The summed E-state index contributed by atoms with van der Waals surface area (Å²) < 4.78 is 27.3. The van der Waals surface area contributed by atoms with Gasteiger partial charge >= 0.3 is 0 Å². The highest BCUT2D eigenvalue weighted by Gasteiger charge is 2.29. The molecule has 1 fully saturated rings. The smallest absolute Gasteiger partial charge is 0.148 e. The van der Waals surface area contributed by atoms with Crippen LogP contribution in [-0.2, 0) is 14.6 Å². The SMILES string of the molecule is CC1(C)COCCN1CCNCCS(C)(=O)=O. The Morgan fingerprint density at radius 1 is 1.35 bits per heavy atom. The molecule has 0 amide bonds. The molecule has 102 valence electrons. The summed E-state index contributed by atoms with van der Waals surface area (Å²) in [5, 5.41) is 3.17. The van der Waals surface area contributed by atoms with Crippen LogP contribution in [0.4, 0.5) is 0 Å². The van der Waals surface area contributed by atoms with Crippen molar-refractivity contribution in [3.8, 4) is 0 Å². The fourth-order valence-corrected chi connectivity index (χ4v) is 2.42. The molecule has 0 atom stereocenters. The maximum atomic E-state index is 10.9. The summed E-state index contributed by atoms with van der Waals surface area (Å²) in [6, 6.07) is 0. The van der Waals surface area contributed by atoms with Gasteiger partial charge in [0.15, 0.2) is 0 Å². The first-order valence-corrected chi connectivity index (χ1v) is 8.08. The van der Waals surface area contributed by atoms with E-state index in [1.54, 1.807) is 0 Å². The van der Waals surface area contributed by atoms with Gasteiger partial charge in [0.25, 0.3) is 0 Å². The second-order valence-corrected chi connectivity index (χ2v) is 7.49. The Labute approximate surface area is 104 Å². The number of nitrogens with one attached hydrogen (secondary N) is 1. The van der Waals surface area contributed by atoms with E-state index < -0.39 is 9.84 Å². The Bertz CT molecular complexity index is 328. The molecule has 1 aliphatic heterocycles. The monoisotopic (exact) mass is 264 g/mol. The molecule has 1 heterocycles. The zero-order valence-electron chi connectivity index (χ0n) is 11.0. The van der Waals surface area contributed by atoms with Crippen LogP contribution in [-0.4, -0.2) is 70.3 Å². The minimum atomic E-state index is -2.85. The molecule has 1 aliphatic rings. The molecular formula is C11H24N2O3S. The summed E-state index contributed by atoms with van der Waals surface area (Å²) >= 11 is 0. The van der Waals surface area contributed by atoms with Crippen LogP contribution >= 0.6 is 0 Å². The van der Waals surface area contributed by atoms with E-state index in [1.807, 2.05) is 0 Å². The number of morpholine rings is 1. The van der Waals surface area contributed by atoms with Gasteiger partial charge in [0.05, 0.1) is 19.0 Å². The van der Waals surface area contributed by atoms with Crippen molar-refractivity contribution in [2.45, 2.75) is 19.4 Å². The first-order chi connectivity index (χ1) is 7.81. The molecule has 1 N–H and O–H groups in total. The quantitative estimate of drug-likeness (QED) is 0.669. The number of ether oxygens (including phenoxy) is 1. The minimum Gasteiger partial charge on any atom is -0.378 e. The molecule has 5 nitrogen and oxygen atoms in total. The summed E-state index contributed by atoms with van der Waals surface area (Å²) in [4.78, 5) is 2.38. The van der Waals surface area contributed by atoms with Gasteiger partial charge in [-0.3, -0.25) is 4.90 Å². The summed E-state index contributed by atoms with van der Waals surface area (Å²) in [5.41, 5.74) is 0.0801. The van der Waals surface area contributed by atoms with Gasteiger partial charge in [0.1, 0.15) is 9.84 Å². The molecule has 0 saturated carbocycles. The van der Waals surface area contributed by atoms with E-state index in [-0.39, 0.29) is 11.3 Å². The predicted molar refractivity (Wildman–Crippen MR) is 69.1 cm³/mol. The van der Waals surface area contributed by atoms with Gasteiger partial charge in [-0.25, -0.2) is 8.42 Å². The number of sulfone groups is 1.